The number of aryl methyl sites for hydroxylation is 1. The van der Waals surface area contributed by atoms with Crippen LogP contribution >= 0.6 is 0 Å². The Morgan fingerprint density at radius 3 is 2.26 bits per heavy atom. The number of benzene rings is 2. The van der Waals surface area contributed by atoms with Crippen LogP contribution in [0.2, 0.25) is 0 Å². The van der Waals surface area contributed by atoms with Gasteiger partial charge in [-0.25, -0.2) is 13.3 Å². The predicted molar refractivity (Wildman–Crippen MR) is 120 cm³/mol. The van der Waals surface area contributed by atoms with E-state index < -0.39 is 40.0 Å². The fourth-order valence-corrected chi connectivity index (χ4v) is 4.29. The van der Waals surface area contributed by atoms with Gasteiger partial charge in [-0.2, -0.15) is 0 Å². The molecular weight excluding hydrogens is 416 g/mol. The van der Waals surface area contributed by atoms with E-state index in [2.05, 4.69) is 9.08 Å². The van der Waals surface area contributed by atoms with Crippen molar-refractivity contribution in [2.75, 3.05) is 6.54 Å². The van der Waals surface area contributed by atoms with Gasteiger partial charge in [0.2, 0.25) is 0 Å². The van der Waals surface area contributed by atoms with Crippen molar-refractivity contribution in [1.29, 1.82) is 0 Å². The summed E-state index contributed by atoms with van der Waals surface area (Å²) in [5.41, 5.74) is 1.14. The summed E-state index contributed by atoms with van der Waals surface area (Å²) in [5, 5.41) is 0. The molecule has 0 fully saturated rings. The number of hydrogen-bond donors (Lipinski definition) is 1. The zero-order chi connectivity index (χ0) is 23.1. The molecule has 2 atom stereocenters. The summed E-state index contributed by atoms with van der Waals surface area (Å²) in [6.45, 7) is 8.36. The molecule has 0 aromatic heterocycles. The molecule has 0 amide bonds. The van der Waals surface area contributed by atoms with Crippen LogP contribution in [0.15, 0.2) is 63.9 Å². The molecule has 0 aliphatic heterocycles. The minimum atomic E-state index is -3.29. The Morgan fingerprint density at radius 2 is 1.68 bits per heavy atom. The lowest BCUT2D eigenvalue weighted by Crippen LogP contribution is -2.39. The molecule has 0 heterocycles. The number of carbonyl (C=O) groups excluding carboxylic acids is 2. The van der Waals surface area contributed by atoms with Crippen molar-refractivity contribution in [3.8, 4) is 0 Å². The Labute approximate surface area is 184 Å². The van der Waals surface area contributed by atoms with Gasteiger partial charge in [-0.15, -0.1) is 0 Å². The van der Waals surface area contributed by atoms with Crippen LogP contribution in [0, 0.1) is 6.92 Å². The van der Waals surface area contributed by atoms with Gasteiger partial charge >= 0.3 is 11.9 Å². The average Bonchev–Trinajstić information content (AvgIpc) is 2.70. The van der Waals surface area contributed by atoms with E-state index in [1.807, 2.05) is 37.3 Å². The minimum absolute atomic E-state index is 0.104. The molecule has 2 rings (SSSR count). The van der Waals surface area contributed by atoms with Crippen molar-refractivity contribution in [1.82, 2.24) is 4.72 Å². The number of esters is 2. The highest BCUT2D eigenvalue weighted by Gasteiger charge is 2.23. The van der Waals surface area contributed by atoms with E-state index in [-0.39, 0.29) is 6.61 Å². The molecule has 1 N–H and O–H groups in total. The minimum Gasteiger partial charge on any atom is -0.460 e. The molecule has 0 aliphatic carbocycles. The molecule has 7 nitrogen and oxygen atoms in total. The van der Waals surface area contributed by atoms with E-state index in [0.717, 1.165) is 11.1 Å². The summed E-state index contributed by atoms with van der Waals surface area (Å²) in [4.78, 5) is 24.9. The fourth-order valence-electron chi connectivity index (χ4n) is 2.56. The molecule has 0 saturated carbocycles. The van der Waals surface area contributed by atoms with Crippen LogP contribution in [0.3, 0.4) is 0 Å². The molecule has 0 aliphatic rings. The van der Waals surface area contributed by atoms with Gasteiger partial charge in [0.15, 0.2) is 0 Å². The van der Waals surface area contributed by atoms with Gasteiger partial charge < -0.3 is 9.47 Å². The largest absolute Gasteiger partial charge is 0.460 e. The van der Waals surface area contributed by atoms with Crippen LogP contribution < -0.4 is 4.72 Å². The molecule has 2 aromatic carbocycles. The maximum absolute atomic E-state index is 13.7. The number of carbonyl (C=O) groups is 2. The molecule has 168 valence electrons. The molecule has 1 unspecified atom stereocenters. The summed E-state index contributed by atoms with van der Waals surface area (Å²) in [6, 6.07) is 15.2. The lowest BCUT2D eigenvalue weighted by Gasteiger charge is -2.20. The lowest BCUT2D eigenvalue weighted by atomic mass is 10.2. The number of ether oxygens (including phenoxy) is 2. The molecule has 8 heteroatoms. The monoisotopic (exact) mass is 446 g/mol. The third kappa shape index (κ3) is 8.15. The van der Waals surface area contributed by atoms with Crippen molar-refractivity contribution >= 4 is 21.9 Å². The summed E-state index contributed by atoms with van der Waals surface area (Å²) >= 11 is 0. The van der Waals surface area contributed by atoms with Crippen LogP contribution in [0.4, 0.5) is 0 Å². The highest BCUT2D eigenvalue weighted by Crippen LogP contribution is 2.15. The number of nitrogens with one attached hydrogen (secondary N) is 1. The van der Waals surface area contributed by atoms with Crippen LogP contribution in [0.5, 0.6) is 0 Å². The zero-order valence-corrected chi connectivity index (χ0v) is 19.4. The number of nitrogens with zero attached hydrogens (tertiary/aromatic N) is 1. The normalized spacial score (nSPS) is 14.2. The van der Waals surface area contributed by atoms with Gasteiger partial charge in [-0.1, -0.05) is 48.0 Å². The van der Waals surface area contributed by atoms with Gasteiger partial charge in [0.1, 0.15) is 34.7 Å². The highest BCUT2D eigenvalue weighted by atomic mass is 32.2. The molecule has 0 spiro atoms. The topological polar surface area (TPSA) is 94.1 Å². The molecule has 31 heavy (non-hydrogen) atoms. The molecule has 0 bridgehead atoms. The molecular formula is C23H30N2O5S. The summed E-state index contributed by atoms with van der Waals surface area (Å²) in [6.07, 6.45) is 0. The standard InChI is InChI=1S/C23H30N2O5S/c1-17-11-13-20(14-12-17)31(28,24-15-21(26)30-23(3,4)5)25-18(2)22(27)29-16-19-9-7-6-8-10-19/h6-14,18H,15-16H2,1-5H3,(H,24,25,28)/t18-,31?/m0/s1. The first-order valence-electron chi connectivity index (χ1n) is 9.98. The number of rotatable bonds is 8. The maximum atomic E-state index is 13.7. The van der Waals surface area contributed by atoms with E-state index in [4.69, 9.17) is 9.47 Å². The number of hydrogen-bond acceptors (Lipinski definition) is 6. The Balaban J connectivity index is 2.18. The van der Waals surface area contributed by atoms with Gasteiger partial charge in [-0.05, 0) is 52.3 Å². The van der Waals surface area contributed by atoms with E-state index in [1.165, 1.54) is 0 Å². The van der Waals surface area contributed by atoms with Crippen molar-refractivity contribution in [3.05, 3.63) is 65.7 Å². The second-order valence-corrected chi connectivity index (χ2v) is 10.2. The third-order valence-electron chi connectivity index (χ3n) is 4.05. The van der Waals surface area contributed by atoms with Gasteiger partial charge in [0.05, 0.1) is 4.90 Å². The van der Waals surface area contributed by atoms with Crippen LogP contribution in [0.1, 0.15) is 38.8 Å². The zero-order valence-electron chi connectivity index (χ0n) is 18.6. The second-order valence-electron chi connectivity index (χ2n) is 8.15. The van der Waals surface area contributed by atoms with Gasteiger partial charge in [0, 0.05) is 0 Å². The van der Waals surface area contributed by atoms with Crippen molar-refractivity contribution in [2.45, 2.75) is 57.8 Å². The first-order chi connectivity index (χ1) is 14.5. The first kappa shape index (κ1) is 24.6. The second kappa shape index (κ2) is 10.5. The van der Waals surface area contributed by atoms with Crippen molar-refractivity contribution in [3.63, 3.8) is 0 Å². The molecule has 2 aromatic rings. The average molecular weight is 447 g/mol. The Hall–Kier alpha value is -2.71. The predicted octanol–water partition coefficient (Wildman–Crippen LogP) is 3.80. The Kier molecular flexibility index (Phi) is 8.36. The Bertz CT molecular complexity index is 1000. The van der Waals surface area contributed by atoms with E-state index in [0.29, 0.717) is 4.90 Å². The van der Waals surface area contributed by atoms with Crippen LogP contribution in [0.25, 0.3) is 0 Å². The summed E-state index contributed by atoms with van der Waals surface area (Å²) in [7, 11) is -3.29. The van der Waals surface area contributed by atoms with Crippen molar-refractivity contribution in [2.24, 2.45) is 4.36 Å². The van der Waals surface area contributed by atoms with Gasteiger partial charge in [0.25, 0.3) is 0 Å². The first-order valence-corrected chi connectivity index (χ1v) is 11.5. The Morgan fingerprint density at radius 1 is 1.06 bits per heavy atom. The lowest BCUT2D eigenvalue weighted by molar-refractivity contribution is -0.152. The third-order valence-corrected chi connectivity index (χ3v) is 6.13. The van der Waals surface area contributed by atoms with Crippen molar-refractivity contribution < 1.29 is 23.3 Å². The van der Waals surface area contributed by atoms with Crippen LogP contribution in [-0.4, -0.2) is 34.3 Å². The van der Waals surface area contributed by atoms with E-state index in [1.54, 1.807) is 52.0 Å². The van der Waals surface area contributed by atoms with Gasteiger partial charge in [-0.3, -0.25) is 9.59 Å². The maximum Gasteiger partial charge on any atom is 0.329 e. The summed E-state index contributed by atoms with van der Waals surface area (Å²) in [5.74, 6) is -1.18. The summed E-state index contributed by atoms with van der Waals surface area (Å²) < 4.78 is 31.1. The van der Waals surface area contributed by atoms with E-state index in [9.17, 15) is 13.8 Å². The smallest absolute Gasteiger partial charge is 0.329 e. The quantitative estimate of drug-likeness (QED) is 0.623. The van der Waals surface area contributed by atoms with E-state index >= 15 is 0 Å². The SMILES string of the molecule is Cc1ccc(S(=O)(=NCC(=O)OC(C)(C)C)N[C@@H](C)C(=O)OCc2ccccc2)cc1. The fraction of sp³-hybridized carbons (Fsp3) is 0.391. The van der Waals surface area contributed by atoms with Crippen LogP contribution in [-0.2, 0) is 35.6 Å². The molecule has 0 radical (unpaired) electrons. The highest BCUT2D eigenvalue weighted by molar-refractivity contribution is 7.91. The molecule has 0 saturated heterocycles.